The molecule has 0 aliphatic carbocycles. The van der Waals surface area contributed by atoms with Crippen molar-refractivity contribution in [3.05, 3.63) is 0 Å². The number of hydrogen-bond acceptors (Lipinski definition) is 2. The second kappa shape index (κ2) is 10.8. The fourth-order valence-electron chi connectivity index (χ4n) is 2.12. The second-order valence-electron chi connectivity index (χ2n) is 6.24. The van der Waals surface area contributed by atoms with Crippen molar-refractivity contribution in [1.29, 1.82) is 0 Å². The summed E-state index contributed by atoms with van der Waals surface area (Å²) in [6.45, 7) is -0.218. The van der Waals surface area contributed by atoms with Crippen molar-refractivity contribution in [3.8, 4) is 0 Å². The number of rotatable bonds is 14. The average molecular weight is 603 g/mol. The Bertz CT molecular complexity index is 511. The molecule has 0 aromatic heterocycles. The van der Waals surface area contributed by atoms with Gasteiger partial charge in [0.25, 0.3) is 0 Å². The molecule has 0 heterocycles. The molecule has 0 rings (SSSR count). The van der Waals surface area contributed by atoms with Gasteiger partial charge in [0, 0.05) is 0 Å². The van der Waals surface area contributed by atoms with Gasteiger partial charge in [-0.05, 0) is 0 Å². The zero-order chi connectivity index (χ0) is 25.1. The van der Waals surface area contributed by atoms with Crippen molar-refractivity contribution in [3.63, 3.8) is 0 Å². The molecule has 0 aliphatic rings. The Labute approximate surface area is 172 Å². The molecule has 0 N–H and O–H groups in total. The van der Waals surface area contributed by atoms with Gasteiger partial charge in [0.15, 0.2) is 0 Å². The fraction of sp³-hybridized carbons (Fsp3) is 1.00. The van der Waals surface area contributed by atoms with E-state index in [0.29, 0.717) is 0 Å². The van der Waals surface area contributed by atoms with Crippen LogP contribution in [0.3, 0.4) is 0 Å². The fourth-order valence-corrected chi connectivity index (χ4v) is 11.7. The van der Waals surface area contributed by atoms with Crippen LogP contribution in [0.25, 0.3) is 0 Å². The Balaban J connectivity index is 6.84. The van der Waals surface area contributed by atoms with Crippen molar-refractivity contribution in [2.24, 2.45) is 0 Å². The van der Waals surface area contributed by atoms with Gasteiger partial charge in [-0.15, -0.1) is 0 Å². The summed E-state index contributed by atoms with van der Waals surface area (Å²) in [6.07, 6.45) is -11.5. The molecule has 2 atom stereocenters. The first-order chi connectivity index (χ1) is 13.8. The van der Waals surface area contributed by atoms with E-state index in [9.17, 15) is 61.5 Å². The molecule has 0 fully saturated rings. The van der Waals surface area contributed by atoms with Gasteiger partial charge in [-0.1, -0.05) is 0 Å². The van der Waals surface area contributed by atoms with Crippen LogP contribution in [-0.4, -0.2) is 77.3 Å². The predicted octanol–water partition coefficient (Wildman–Crippen LogP) is 6.11. The first-order valence-electron chi connectivity index (χ1n) is 8.45. The first kappa shape index (κ1) is 30.7. The summed E-state index contributed by atoms with van der Waals surface area (Å²) in [5, 5.41) is 0. The third-order valence-corrected chi connectivity index (χ3v) is 13.7. The summed E-state index contributed by atoms with van der Waals surface area (Å²) < 4.78 is 186. The summed E-state index contributed by atoms with van der Waals surface area (Å²) in [5.74, 6) is -26.5. The molecule has 0 saturated carbocycles. The normalized spacial score (nSPS) is 16.8. The summed E-state index contributed by atoms with van der Waals surface area (Å²) in [4.78, 5) is 0. The van der Waals surface area contributed by atoms with E-state index in [1.165, 1.54) is 0 Å². The van der Waals surface area contributed by atoms with Crippen molar-refractivity contribution < 1.29 is 67.6 Å². The number of hydrogen-bond donors (Lipinski definition) is 0. The van der Waals surface area contributed by atoms with Crippen LogP contribution < -0.4 is 0 Å². The predicted molar refractivity (Wildman–Crippen MR) is 79.8 cm³/mol. The Hall–Kier alpha value is -0.261. The molecule has 0 bridgehead atoms. The molecule has 31 heavy (non-hydrogen) atoms. The SMILES string of the molecule is CCC[O][Sn]([O]CCC)([CH](F)C(F)(F)C(F)(F)C(F)F)[CH](F)C(F)(F)C(F)(F)C(F)F. The van der Waals surface area contributed by atoms with Gasteiger partial charge in [-0.25, -0.2) is 0 Å². The van der Waals surface area contributed by atoms with Gasteiger partial charge in [0.05, 0.1) is 0 Å². The van der Waals surface area contributed by atoms with E-state index in [2.05, 4.69) is 6.15 Å². The monoisotopic (exact) mass is 604 g/mol. The molecule has 0 radical (unpaired) electrons. The van der Waals surface area contributed by atoms with Crippen molar-refractivity contribution in [2.75, 3.05) is 13.2 Å². The zero-order valence-electron chi connectivity index (χ0n) is 15.7. The third kappa shape index (κ3) is 5.63. The molecule has 0 aromatic carbocycles. The van der Waals surface area contributed by atoms with E-state index in [1.54, 1.807) is 0 Å². The van der Waals surface area contributed by atoms with Crippen LogP contribution >= 0.6 is 0 Å². The first-order valence-corrected chi connectivity index (χ1v) is 14.1. The molecule has 188 valence electrons. The molecule has 0 amide bonds. The summed E-state index contributed by atoms with van der Waals surface area (Å²) in [6, 6.07) is 0. The van der Waals surface area contributed by atoms with Gasteiger partial charge < -0.3 is 0 Å². The maximum absolute atomic E-state index is 14.6. The molecule has 0 spiro atoms. The van der Waals surface area contributed by atoms with Crippen LogP contribution in [0, 0.1) is 0 Å². The molecule has 17 heteroatoms. The van der Waals surface area contributed by atoms with Crippen molar-refractivity contribution in [2.45, 2.75) is 71.6 Å². The summed E-state index contributed by atoms with van der Waals surface area (Å²) in [7, 11) is 0. The van der Waals surface area contributed by atoms with Crippen LogP contribution in [0.5, 0.6) is 0 Å². The zero-order valence-corrected chi connectivity index (χ0v) is 18.6. The van der Waals surface area contributed by atoms with Gasteiger partial charge in [0.1, 0.15) is 0 Å². The van der Waals surface area contributed by atoms with Gasteiger partial charge in [-0.2, -0.15) is 0 Å². The van der Waals surface area contributed by atoms with Crippen LogP contribution in [0.1, 0.15) is 26.7 Å². The standard InChI is InChI=1S/2C4H2F7.2C3H7O.Sn/c2*5-1-3(8,9)4(10,11)2(6)7;2*1-2-3-4;/h2*1-2H;2*2-3H2,1H3;/q;;2*-1;+2. The Kier molecular flexibility index (Phi) is 10.7. The van der Waals surface area contributed by atoms with E-state index in [1.807, 2.05) is 0 Å². The molecular formula is C14H18F14O2Sn. The number of halogens is 14. The van der Waals surface area contributed by atoms with E-state index in [4.69, 9.17) is 0 Å². The van der Waals surface area contributed by atoms with E-state index in [0.717, 1.165) is 13.8 Å². The molecule has 2 unspecified atom stereocenters. The van der Waals surface area contributed by atoms with Crippen LogP contribution in [-0.2, 0) is 6.15 Å². The van der Waals surface area contributed by atoms with Gasteiger partial charge in [0.2, 0.25) is 0 Å². The third-order valence-electron chi connectivity index (χ3n) is 3.84. The maximum atomic E-state index is 14.6. The van der Waals surface area contributed by atoms with Gasteiger partial charge in [-0.3, -0.25) is 0 Å². The van der Waals surface area contributed by atoms with E-state index < -0.39 is 90.2 Å². The number of alkyl halides is 14. The molecule has 0 aromatic rings. The Morgan fingerprint density at radius 2 is 0.806 bits per heavy atom. The van der Waals surface area contributed by atoms with Crippen LogP contribution in [0.15, 0.2) is 0 Å². The van der Waals surface area contributed by atoms with Crippen LogP contribution in [0.4, 0.5) is 61.5 Å². The Morgan fingerprint density at radius 3 is 1.00 bits per heavy atom. The van der Waals surface area contributed by atoms with Crippen LogP contribution in [0.2, 0.25) is 0 Å². The van der Waals surface area contributed by atoms with Crippen molar-refractivity contribution in [1.82, 2.24) is 0 Å². The van der Waals surface area contributed by atoms with Gasteiger partial charge >= 0.3 is 172 Å². The minimum atomic E-state index is -8.11. The minimum absolute atomic E-state index is 0.443. The summed E-state index contributed by atoms with van der Waals surface area (Å²) in [5.41, 5.74) is 0. The average Bonchev–Trinajstić information content (AvgIpc) is 2.66. The quantitative estimate of drug-likeness (QED) is 0.177. The molecule has 0 aliphatic heterocycles. The topological polar surface area (TPSA) is 18.5 Å². The van der Waals surface area contributed by atoms with Crippen molar-refractivity contribution >= 4 is 19.2 Å². The molecule has 0 saturated heterocycles. The van der Waals surface area contributed by atoms with E-state index >= 15 is 0 Å². The second-order valence-corrected chi connectivity index (χ2v) is 14.9. The molecule has 2 nitrogen and oxygen atoms in total. The summed E-state index contributed by atoms with van der Waals surface area (Å²) >= 11 is -8.11. The Morgan fingerprint density at radius 1 is 0.548 bits per heavy atom. The van der Waals surface area contributed by atoms with E-state index in [-0.39, 0.29) is 0 Å². The molecular weight excluding hydrogens is 585 g/mol.